The summed E-state index contributed by atoms with van der Waals surface area (Å²) < 4.78 is 0.270. The molecule has 146 valence electrons. The summed E-state index contributed by atoms with van der Waals surface area (Å²) in [5, 5.41) is 0.598. The molecule has 0 saturated carbocycles. The van der Waals surface area contributed by atoms with Crippen LogP contribution in [-0.2, 0) is 14.4 Å². The molecule has 0 aliphatic carbocycles. The Morgan fingerprint density at radius 1 is 1.07 bits per heavy atom. The minimum Gasteiger partial charge on any atom is -0.280 e. The highest BCUT2D eigenvalue weighted by atomic mass is 35.5. The van der Waals surface area contributed by atoms with E-state index in [2.05, 4.69) is 0 Å². The first-order valence-corrected chi connectivity index (χ1v) is 10.4. The molecule has 5 nitrogen and oxygen atoms in total. The Hall–Kier alpha value is -2.48. The zero-order chi connectivity index (χ0) is 20.7. The molecular weight excluding hydrogens is 428 g/mol. The number of hydrogen-bond acceptors (Lipinski definition) is 5. The third-order valence-corrected chi connectivity index (χ3v) is 6.30. The maximum absolute atomic E-state index is 13.0. The second-order valence-corrected chi connectivity index (χ2v) is 8.84. The van der Waals surface area contributed by atoms with Gasteiger partial charge in [-0.15, -0.1) is 0 Å². The van der Waals surface area contributed by atoms with Crippen LogP contribution in [0, 0.1) is 6.92 Å². The van der Waals surface area contributed by atoms with Crippen LogP contribution in [0.4, 0.5) is 5.69 Å². The van der Waals surface area contributed by atoms with Crippen molar-refractivity contribution in [1.29, 1.82) is 0 Å². The minimum atomic E-state index is -0.924. The summed E-state index contributed by atoms with van der Waals surface area (Å²) in [6.45, 7) is 1.92. The first-order valence-electron chi connectivity index (χ1n) is 8.81. The number of amides is 3. The SMILES string of the molecule is Cc1ccc(N2C(=O)CC(N3C(=O)/C(=C\c4ccc(Cl)cc4)SC3=S)C2=O)cc1. The van der Waals surface area contributed by atoms with Crippen LogP contribution >= 0.6 is 35.6 Å². The number of halogens is 1. The number of thioether (sulfide) groups is 1. The zero-order valence-electron chi connectivity index (χ0n) is 15.3. The molecule has 2 aliphatic heterocycles. The van der Waals surface area contributed by atoms with E-state index in [9.17, 15) is 14.4 Å². The number of carbonyl (C=O) groups is 3. The highest BCUT2D eigenvalue weighted by Crippen LogP contribution is 2.37. The lowest BCUT2D eigenvalue weighted by Gasteiger charge is -2.21. The normalized spacial score (nSPS) is 21.0. The molecule has 2 saturated heterocycles. The van der Waals surface area contributed by atoms with Crippen molar-refractivity contribution in [3.05, 3.63) is 69.6 Å². The quantitative estimate of drug-likeness (QED) is 0.405. The van der Waals surface area contributed by atoms with Crippen molar-refractivity contribution >= 4 is 69.4 Å². The average Bonchev–Trinajstić information content (AvgIpc) is 3.12. The van der Waals surface area contributed by atoms with Crippen LogP contribution in [-0.4, -0.2) is 33.0 Å². The number of anilines is 1. The van der Waals surface area contributed by atoms with Gasteiger partial charge in [-0.05, 0) is 42.8 Å². The van der Waals surface area contributed by atoms with E-state index in [0.29, 0.717) is 15.6 Å². The number of nitrogens with zero attached hydrogens (tertiary/aromatic N) is 2. The molecule has 8 heteroatoms. The number of benzene rings is 2. The number of aryl methyl sites for hydroxylation is 1. The van der Waals surface area contributed by atoms with Crippen molar-refractivity contribution < 1.29 is 14.4 Å². The fraction of sp³-hybridized carbons (Fsp3) is 0.143. The number of imide groups is 1. The van der Waals surface area contributed by atoms with E-state index < -0.39 is 11.9 Å². The van der Waals surface area contributed by atoms with E-state index >= 15 is 0 Å². The average molecular weight is 443 g/mol. The Kier molecular flexibility index (Phi) is 5.29. The summed E-state index contributed by atoms with van der Waals surface area (Å²) in [4.78, 5) is 41.3. The van der Waals surface area contributed by atoms with Crippen molar-refractivity contribution in [2.24, 2.45) is 0 Å². The van der Waals surface area contributed by atoms with Gasteiger partial charge in [0.2, 0.25) is 5.91 Å². The molecule has 2 aromatic carbocycles. The van der Waals surface area contributed by atoms with Crippen LogP contribution in [0.2, 0.25) is 5.02 Å². The molecule has 4 rings (SSSR count). The van der Waals surface area contributed by atoms with Gasteiger partial charge in [0.25, 0.3) is 11.8 Å². The molecule has 2 fully saturated rings. The van der Waals surface area contributed by atoms with Gasteiger partial charge in [-0.25, -0.2) is 4.90 Å². The van der Waals surface area contributed by atoms with Gasteiger partial charge in [0.05, 0.1) is 17.0 Å². The second-order valence-electron chi connectivity index (χ2n) is 6.73. The molecule has 1 unspecified atom stereocenters. The fourth-order valence-corrected chi connectivity index (χ4v) is 4.72. The monoisotopic (exact) mass is 442 g/mol. The molecule has 2 heterocycles. The Bertz CT molecular complexity index is 1060. The maximum atomic E-state index is 13.0. The third-order valence-electron chi connectivity index (χ3n) is 4.72. The van der Waals surface area contributed by atoms with E-state index in [1.165, 1.54) is 4.90 Å². The van der Waals surface area contributed by atoms with Crippen LogP contribution in [0.1, 0.15) is 17.5 Å². The van der Waals surface area contributed by atoms with Gasteiger partial charge in [-0.1, -0.05) is 65.4 Å². The van der Waals surface area contributed by atoms with E-state index in [0.717, 1.165) is 27.8 Å². The fourth-order valence-electron chi connectivity index (χ4n) is 3.24. The van der Waals surface area contributed by atoms with E-state index in [1.54, 1.807) is 42.5 Å². The molecule has 2 aromatic rings. The first kappa shape index (κ1) is 19.8. The van der Waals surface area contributed by atoms with Crippen LogP contribution in [0.3, 0.4) is 0 Å². The number of carbonyl (C=O) groups excluding carboxylic acids is 3. The van der Waals surface area contributed by atoms with Crippen molar-refractivity contribution in [3.8, 4) is 0 Å². The standard InChI is InChI=1S/C21H15ClN2O3S2/c1-12-2-8-15(9-3-12)23-18(25)11-16(19(23)26)24-20(27)17(29-21(24)28)10-13-4-6-14(22)7-5-13/h2-10,16H,11H2,1H3/b17-10+. The van der Waals surface area contributed by atoms with Gasteiger partial charge >= 0.3 is 0 Å². The Labute approximate surface area is 182 Å². The minimum absolute atomic E-state index is 0.0899. The third kappa shape index (κ3) is 3.73. The summed E-state index contributed by atoms with van der Waals surface area (Å²) in [7, 11) is 0. The predicted octanol–water partition coefficient (Wildman–Crippen LogP) is 4.18. The van der Waals surface area contributed by atoms with Gasteiger partial charge < -0.3 is 0 Å². The Morgan fingerprint density at radius 3 is 2.38 bits per heavy atom. The molecule has 0 aromatic heterocycles. The van der Waals surface area contributed by atoms with Gasteiger partial charge in [-0.2, -0.15) is 0 Å². The molecule has 2 aliphatic rings. The summed E-state index contributed by atoms with van der Waals surface area (Å²) in [5.74, 6) is -1.16. The number of rotatable bonds is 3. The molecule has 29 heavy (non-hydrogen) atoms. The van der Waals surface area contributed by atoms with Crippen LogP contribution in [0.5, 0.6) is 0 Å². The van der Waals surface area contributed by atoms with E-state index in [-0.39, 0.29) is 22.6 Å². The highest BCUT2D eigenvalue weighted by molar-refractivity contribution is 8.26. The number of thiocarbonyl (C=S) groups is 1. The highest BCUT2D eigenvalue weighted by Gasteiger charge is 2.48. The summed E-state index contributed by atoms with van der Waals surface area (Å²) in [6, 6.07) is 13.2. The van der Waals surface area contributed by atoms with Crippen molar-refractivity contribution in [2.45, 2.75) is 19.4 Å². The molecule has 0 radical (unpaired) electrons. The Balaban J connectivity index is 1.59. The topological polar surface area (TPSA) is 57.7 Å². The molecule has 0 spiro atoms. The zero-order valence-corrected chi connectivity index (χ0v) is 17.7. The van der Waals surface area contributed by atoms with Crippen LogP contribution < -0.4 is 4.90 Å². The van der Waals surface area contributed by atoms with Crippen LogP contribution in [0.25, 0.3) is 6.08 Å². The molecule has 3 amide bonds. The number of hydrogen-bond donors (Lipinski definition) is 0. The molecule has 0 N–H and O–H groups in total. The van der Waals surface area contributed by atoms with Gasteiger partial charge in [-0.3, -0.25) is 19.3 Å². The smallest absolute Gasteiger partial charge is 0.266 e. The lowest BCUT2D eigenvalue weighted by Crippen LogP contribution is -2.44. The summed E-state index contributed by atoms with van der Waals surface area (Å²) >= 11 is 12.4. The predicted molar refractivity (Wildman–Crippen MR) is 119 cm³/mol. The summed E-state index contributed by atoms with van der Waals surface area (Å²) in [5.41, 5.74) is 2.31. The van der Waals surface area contributed by atoms with E-state index in [4.69, 9.17) is 23.8 Å². The van der Waals surface area contributed by atoms with Gasteiger partial charge in [0.15, 0.2) is 0 Å². The van der Waals surface area contributed by atoms with Crippen molar-refractivity contribution in [2.75, 3.05) is 4.90 Å². The van der Waals surface area contributed by atoms with Gasteiger partial charge in [0, 0.05) is 5.02 Å². The molecule has 1 atom stereocenters. The van der Waals surface area contributed by atoms with E-state index in [1.807, 2.05) is 19.1 Å². The van der Waals surface area contributed by atoms with Crippen LogP contribution in [0.15, 0.2) is 53.4 Å². The first-order chi connectivity index (χ1) is 13.8. The van der Waals surface area contributed by atoms with Crippen molar-refractivity contribution in [1.82, 2.24) is 4.90 Å². The lowest BCUT2D eigenvalue weighted by molar-refractivity contribution is -0.129. The maximum Gasteiger partial charge on any atom is 0.266 e. The van der Waals surface area contributed by atoms with Gasteiger partial charge in [0.1, 0.15) is 10.4 Å². The largest absolute Gasteiger partial charge is 0.280 e. The lowest BCUT2D eigenvalue weighted by atomic mass is 10.2. The molecule has 0 bridgehead atoms. The Morgan fingerprint density at radius 2 is 1.72 bits per heavy atom. The summed E-state index contributed by atoms with van der Waals surface area (Å²) in [6.07, 6.45) is 1.61. The second kappa shape index (κ2) is 7.74. The molecular formula is C21H15ClN2O3S2. The van der Waals surface area contributed by atoms with Crippen molar-refractivity contribution in [3.63, 3.8) is 0 Å².